The summed E-state index contributed by atoms with van der Waals surface area (Å²) < 4.78 is 6.00. The summed E-state index contributed by atoms with van der Waals surface area (Å²) in [6, 6.07) is 0. The summed E-state index contributed by atoms with van der Waals surface area (Å²) in [5.41, 5.74) is 0.134. The largest absolute Gasteiger partial charge is 0.392 e. The second kappa shape index (κ2) is 6.17. The minimum absolute atomic E-state index is 0.134. The monoisotopic (exact) mass is 241 g/mol. The molecule has 2 rings (SSSR count). The Balaban J connectivity index is 1.79. The highest BCUT2D eigenvalue weighted by molar-refractivity contribution is 4.93. The highest BCUT2D eigenvalue weighted by atomic mass is 16.5. The molecule has 17 heavy (non-hydrogen) atoms. The van der Waals surface area contributed by atoms with E-state index in [9.17, 15) is 5.11 Å². The SMILES string of the molecule is CCCNCC(O)C1CCOC2(CCCC2)C1. The second-order valence-electron chi connectivity index (χ2n) is 5.76. The van der Waals surface area contributed by atoms with E-state index in [0.717, 1.165) is 39.0 Å². The smallest absolute Gasteiger partial charge is 0.0694 e. The van der Waals surface area contributed by atoms with Gasteiger partial charge in [0, 0.05) is 13.2 Å². The summed E-state index contributed by atoms with van der Waals surface area (Å²) in [7, 11) is 0. The van der Waals surface area contributed by atoms with E-state index in [1.807, 2.05) is 0 Å². The van der Waals surface area contributed by atoms with E-state index < -0.39 is 0 Å². The topological polar surface area (TPSA) is 41.5 Å². The number of ether oxygens (including phenoxy) is 1. The van der Waals surface area contributed by atoms with Gasteiger partial charge in [0.05, 0.1) is 11.7 Å². The Labute approximate surface area is 105 Å². The summed E-state index contributed by atoms with van der Waals surface area (Å²) in [4.78, 5) is 0. The molecule has 1 aliphatic heterocycles. The van der Waals surface area contributed by atoms with Crippen LogP contribution in [0.25, 0.3) is 0 Å². The van der Waals surface area contributed by atoms with Gasteiger partial charge < -0.3 is 15.2 Å². The Kier molecular flexibility index (Phi) is 4.83. The predicted octanol–water partition coefficient (Wildman–Crippen LogP) is 2.09. The van der Waals surface area contributed by atoms with Crippen molar-refractivity contribution < 1.29 is 9.84 Å². The van der Waals surface area contributed by atoms with Crippen LogP contribution in [0.4, 0.5) is 0 Å². The molecule has 0 aromatic heterocycles. The molecule has 1 heterocycles. The molecule has 0 bridgehead atoms. The Bertz CT molecular complexity index is 226. The van der Waals surface area contributed by atoms with Crippen LogP contribution < -0.4 is 5.32 Å². The maximum Gasteiger partial charge on any atom is 0.0694 e. The molecule has 3 heteroatoms. The summed E-state index contributed by atoms with van der Waals surface area (Å²) in [6.45, 7) is 4.75. The number of rotatable bonds is 5. The van der Waals surface area contributed by atoms with E-state index in [1.165, 1.54) is 25.7 Å². The quantitative estimate of drug-likeness (QED) is 0.724. The lowest BCUT2D eigenvalue weighted by molar-refractivity contribution is -0.112. The normalized spacial score (nSPS) is 29.6. The first-order chi connectivity index (χ1) is 8.26. The van der Waals surface area contributed by atoms with Gasteiger partial charge in [-0.05, 0) is 44.6 Å². The minimum Gasteiger partial charge on any atom is -0.392 e. The van der Waals surface area contributed by atoms with Crippen molar-refractivity contribution in [3.63, 3.8) is 0 Å². The van der Waals surface area contributed by atoms with Gasteiger partial charge in [0.25, 0.3) is 0 Å². The number of hydrogen-bond acceptors (Lipinski definition) is 3. The molecule has 0 aromatic rings. The van der Waals surface area contributed by atoms with Crippen molar-refractivity contribution in [2.45, 2.75) is 63.6 Å². The van der Waals surface area contributed by atoms with Crippen molar-refractivity contribution in [3.05, 3.63) is 0 Å². The van der Waals surface area contributed by atoms with Gasteiger partial charge in [0.15, 0.2) is 0 Å². The molecule has 0 radical (unpaired) electrons. The van der Waals surface area contributed by atoms with E-state index in [2.05, 4.69) is 12.2 Å². The van der Waals surface area contributed by atoms with Gasteiger partial charge in [-0.2, -0.15) is 0 Å². The van der Waals surface area contributed by atoms with Crippen molar-refractivity contribution >= 4 is 0 Å². The van der Waals surface area contributed by atoms with Crippen LogP contribution in [0.1, 0.15) is 51.9 Å². The van der Waals surface area contributed by atoms with Gasteiger partial charge in [-0.15, -0.1) is 0 Å². The first-order valence-electron chi connectivity index (χ1n) is 7.28. The van der Waals surface area contributed by atoms with Crippen LogP contribution in [-0.4, -0.2) is 36.5 Å². The van der Waals surface area contributed by atoms with Gasteiger partial charge >= 0.3 is 0 Å². The van der Waals surface area contributed by atoms with Crippen LogP contribution in [0.5, 0.6) is 0 Å². The Morgan fingerprint density at radius 3 is 2.88 bits per heavy atom. The molecule has 0 aromatic carbocycles. The lowest BCUT2D eigenvalue weighted by Gasteiger charge is -2.40. The molecule has 2 atom stereocenters. The molecule has 1 saturated heterocycles. The van der Waals surface area contributed by atoms with E-state index in [4.69, 9.17) is 4.74 Å². The Morgan fingerprint density at radius 1 is 1.41 bits per heavy atom. The molecule has 1 spiro atoms. The van der Waals surface area contributed by atoms with E-state index in [0.29, 0.717) is 5.92 Å². The van der Waals surface area contributed by atoms with Crippen LogP contribution in [0.15, 0.2) is 0 Å². The lowest BCUT2D eigenvalue weighted by atomic mass is 9.81. The molecular formula is C14H27NO2. The molecule has 0 amide bonds. The van der Waals surface area contributed by atoms with Crippen molar-refractivity contribution in [1.29, 1.82) is 0 Å². The zero-order valence-corrected chi connectivity index (χ0v) is 11.1. The molecule has 1 saturated carbocycles. The standard InChI is InChI=1S/C14H27NO2/c1-2-8-15-11-13(16)12-5-9-17-14(10-12)6-3-4-7-14/h12-13,15-16H,2-11H2,1H3. The molecule has 2 aliphatic rings. The van der Waals surface area contributed by atoms with Gasteiger partial charge in [-0.25, -0.2) is 0 Å². The minimum atomic E-state index is -0.192. The van der Waals surface area contributed by atoms with Crippen LogP contribution in [0, 0.1) is 5.92 Å². The van der Waals surface area contributed by atoms with Crippen LogP contribution in [0.3, 0.4) is 0 Å². The molecule has 2 fully saturated rings. The number of aliphatic hydroxyl groups excluding tert-OH is 1. The van der Waals surface area contributed by atoms with Crippen molar-refractivity contribution in [2.24, 2.45) is 5.92 Å². The third-order valence-corrected chi connectivity index (χ3v) is 4.37. The van der Waals surface area contributed by atoms with Crippen molar-refractivity contribution in [3.8, 4) is 0 Å². The lowest BCUT2D eigenvalue weighted by Crippen LogP contribution is -2.43. The van der Waals surface area contributed by atoms with Crippen LogP contribution in [0.2, 0.25) is 0 Å². The van der Waals surface area contributed by atoms with Gasteiger partial charge in [-0.1, -0.05) is 19.8 Å². The molecule has 1 aliphatic carbocycles. The molecule has 2 N–H and O–H groups in total. The fourth-order valence-corrected chi connectivity index (χ4v) is 3.36. The maximum absolute atomic E-state index is 10.2. The van der Waals surface area contributed by atoms with E-state index in [-0.39, 0.29) is 11.7 Å². The number of aliphatic hydroxyl groups is 1. The van der Waals surface area contributed by atoms with Gasteiger partial charge in [0.2, 0.25) is 0 Å². The average molecular weight is 241 g/mol. The Morgan fingerprint density at radius 2 is 2.18 bits per heavy atom. The van der Waals surface area contributed by atoms with Gasteiger partial charge in [0.1, 0.15) is 0 Å². The van der Waals surface area contributed by atoms with Crippen molar-refractivity contribution in [2.75, 3.05) is 19.7 Å². The zero-order chi connectivity index (χ0) is 12.1. The molecule has 2 unspecified atom stereocenters. The maximum atomic E-state index is 10.2. The molecular weight excluding hydrogens is 214 g/mol. The zero-order valence-electron chi connectivity index (χ0n) is 11.1. The first kappa shape index (κ1) is 13.3. The Hall–Kier alpha value is -0.120. The number of hydrogen-bond donors (Lipinski definition) is 2. The van der Waals surface area contributed by atoms with Crippen LogP contribution >= 0.6 is 0 Å². The summed E-state index contributed by atoms with van der Waals surface area (Å²) >= 11 is 0. The third-order valence-electron chi connectivity index (χ3n) is 4.37. The number of nitrogens with one attached hydrogen (secondary N) is 1. The van der Waals surface area contributed by atoms with E-state index >= 15 is 0 Å². The van der Waals surface area contributed by atoms with Gasteiger partial charge in [-0.3, -0.25) is 0 Å². The first-order valence-corrected chi connectivity index (χ1v) is 7.28. The predicted molar refractivity (Wildman–Crippen MR) is 69.0 cm³/mol. The van der Waals surface area contributed by atoms with Crippen LogP contribution in [-0.2, 0) is 4.74 Å². The average Bonchev–Trinajstić information content (AvgIpc) is 2.77. The molecule has 100 valence electrons. The van der Waals surface area contributed by atoms with E-state index in [1.54, 1.807) is 0 Å². The summed E-state index contributed by atoms with van der Waals surface area (Å²) in [5, 5.41) is 13.5. The highest BCUT2D eigenvalue weighted by Crippen LogP contribution is 2.42. The third kappa shape index (κ3) is 3.43. The second-order valence-corrected chi connectivity index (χ2v) is 5.76. The van der Waals surface area contributed by atoms with Crippen molar-refractivity contribution in [1.82, 2.24) is 5.32 Å². The summed E-state index contributed by atoms with van der Waals surface area (Å²) in [6.07, 6.45) is 8.05. The molecule has 3 nitrogen and oxygen atoms in total. The fourth-order valence-electron chi connectivity index (χ4n) is 3.36. The summed E-state index contributed by atoms with van der Waals surface area (Å²) in [5.74, 6) is 0.436. The highest BCUT2D eigenvalue weighted by Gasteiger charge is 2.41. The fraction of sp³-hybridized carbons (Fsp3) is 1.00.